The Kier molecular flexibility index (Phi) is 2.27. The van der Waals surface area contributed by atoms with Gasteiger partial charge < -0.3 is 5.32 Å². The summed E-state index contributed by atoms with van der Waals surface area (Å²) >= 11 is 2.29. The predicted octanol–water partition coefficient (Wildman–Crippen LogP) is 2.35. The standard InChI is InChI=1S/C10H10INO/c1-2-6-3-8(11)4-7-5-9(13)12-10(6)7/h3-4H,2,5H2,1H3,(H,12,13). The van der Waals surface area contributed by atoms with Crippen molar-refractivity contribution in [2.75, 3.05) is 5.32 Å². The molecule has 68 valence electrons. The van der Waals surface area contributed by atoms with Gasteiger partial charge in [0.25, 0.3) is 0 Å². The molecule has 1 N–H and O–H groups in total. The van der Waals surface area contributed by atoms with Gasteiger partial charge in [-0.3, -0.25) is 4.79 Å². The number of benzene rings is 1. The highest BCUT2D eigenvalue weighted by Gasteiger charge is 2.20. The Hall–Kier alpha value is -0.580. The number of amides is 1. The SMILES string of the molecule is CCc1cc(I)cc2c1NC(=O)C2. The lowest BCUT2D eigenvalue weighted by atomic mass is 10.1. The summed E-state index contributed by atoms with van der Waals surface area (Å²) in [5.74, 6) is 0.117. The summed E-state index contributed by atoms with van der Waals surface area (Å²) in [6.07, 6.45) is 1.51. The zero-order chi connectivity index (χ0) is 9.42. The molecule has 0 saturated carbocycles. The fourth-order valence-corrected chi connectivity index (χ4v) is 2.41. The maximum atomic E-state index is 11.2. The summed E-state index contributed by atoms with van der Waals surface area (Å²) in [5.41, 5.74) is 3.44. The van der Waals surface area contributed by atoms with E-state index < -0.39 is 0 Å². The third kappa shape index (κ3) is 1.57. The van der Waals surface area contributed by atoms with Gasteiger partial charge in [-0.05, 0) is 52.3 Å². The van der Waals surface area contributed by atoms with Gasteiger partial charge in [0, 0.05) is 9.26 Å². The topological polar surface area (TPSA) is 29.1 Å². The van der Waals surface area contributed by atoms with Gasteiger partial charge in [-0.2, -0.15) is 0 Å². The Balaban J connectivity index is 2.56. The number of fused-ring (bicyclic) bond motifs is 1. The number of carbonyl (C=O) groups is 1. The first-order chi connectivity index (χ1) is 6.20. The molecule has 2 rings (SSSR count). The van der Waals surface area contributed by atoms with Crippen molar-refractivity contribution in [3.63, 3.8) is 0 Å². The summed E-state index contributed by atoms with van der Waals surface area (Å²) in [4.78, 5) is 11.2. The van der Waals surface area contributed by atoms with Crippen LogP contribution in [0.2, 0.25) is 0 Å². The number of anilines is 1. The van der Waals surface area contributed by atoms with Crippen LogP contribution in [-0.2, 0) is 17.6 Å². The van der Waals surface area contributed by atoms with Crippen LogP contribution in [0.3, 0.4) is 0 Å². The van der Waals surface area contributed by atoms with E-state index in [9.17, 15) is 4.79 Å². The Morgan fingerprint density at radius 3 is 3.00 bits per heavy atom. The van der Waals surface area contributed by atoms with Crippen LogP contribution >= 0.6 is 22.6 Å². The van der Waals surface area contributed by atoms with Crippen molar-refractivity contribution in [2.24, 2.45) is 0 Å². The Bertz CT molecular complexity index is 373. The van der Waals surface area contributed by atoms with Crippen molar-refractivity contribution in [3.05, 3.63) is 26.8 Å². The maximum Gasteiger partial charge on any atom is 0.228 e. The summed E-state index contributed by atoms with van der Waals surface area (Å²) < 4.78 is 1.21. The summed E-state index contributed by atoms with van der Waals surface area (Å²) in [5, 5.41) is 2.90. The van der Waals surface area contributed by atoms with E-state index in [-0.39, 0.29) is 5.91 Å². The average Bonchev–Trinajstić information content (AvgIpc) is 2.43. The van der Waals surface area contributed by atoms with Crippen LogP contribution in [0.4, 0.5) is 5.69 Å². The molecule has 0 saturated heterocycles. The van der Waals surface area contributed by atoms with Gasteiger partial charge in [0.15, 0.2) is 0 Å². The van der Waals surface area contributed by atoms with Gasteiger partial charge in [-0.25, -0.2) is 0 Å². The van der Waals surface area contributed by atoms with Gasteiger partial charge in [-0.1, -0.05) is 6.92 Å². The third-order valence-electron chi connectivity index (χ3n) is 2.26. The van der Waals surface area contributed by atoms with E-state index in [0.29, 0.717) is 6.42 Å². The van der Waals surface area contributed by atoms with E-state index in [1.807, 2.05) is 0 Å². The van der Waals surface area contributed by atoms with E-state index in [0.717, 1.165) is 17.7 Å². The van der Waals surface area contributed by atoms with Crippen molar-refractivity contribution < 1.29 is 4.79 Å². The molecule has 0 radical (unpaired) electrons. The molecule has 0 fully saturated rings. The normalized spacial score (nSPS) is 14.2. The molecular formula is C10H10INO. The highest BCUT2D eigenvalue weighted by Crippen LogP contribution is 2.29. The minimum absolute atomic E-state index is 0.117. The molecule has 2 nitrogen and oxygen atoms in total. The number of rotatable bonds is 1. The molecule has 1 heterocycles. The van der Waals surface area contributed by atoms with Crippen LogP contribution < -0.4 is 5.32 Å². The van der Waals surface area contributed by atoms with Crippen molar-refractivity contribution in [3.8, 4) is 0 Å². The molecule has 1 aliphatic heterocycles. The second-order valence-corrected chi connectivity index (χ2v) is 4.42. The first kappa shape index (κ1) is 8.99. The largest absolute Gasteiger partial charge is 0.325 e. The van der Waals surface area contributed by atoms with Gasteiger partial charge in [0.2, 0.25) is 5.91 Å². The second kappa shape index (κ2) is 3.29. The van der Waals surface area contributed by atoms with Crippen molar-refractivity contribution in [2.45, 2.75) is 19.8 Å². The molecule has 1 aliphatic rings. The van der Waals surface area contributed by atoms with Gasteiger partial charge >= 0.3 is 0 Å². The van der Waals surface area contributed by atoms with Gasteiger partial charge in [0.05, 0.1) is 6.42 Å². The molecule has 3 heteroatoms. The number of hydrogen-bond acceptors (Lipinski definition) is 1. The Morgan fingerprint density at radius 1 is 1.54 bits per heavy atom. The average molecular weight is 287 g/mol. The van der Waals surface area contributed by atoms with E-state index in [1.54, 1.807) is 0 Å². The Labute approximate surface area is 90.9 Å². The molecule has 0 bridgehead atoms. The third-order valence-corrected chi connectivity index (χ3v) is 2.89. The number of nitrogens with one attached hydrogen (secondary N) is 1. The first-order valence-electron chi connectivity index (χ1n) is 4.32. The fourth-order valence-electron chi connectivity index (χ4n) is 1.66. The molecule has 0 atom stereocenters. The number of halogens is 1. The second-order valence-electron chi connectivity index (χ2n) is 3.18. The number of aryl methyl sites for hydroxylation is 1. The fraction of sp³-hybridized carbons (Fsp3) is 0.300. The van der Waals surface area contributed by atoms with Crippen molar-refractivity contribution in [1.29, 1.82) is 0 Å². The lowest BCUT2D eigenvalue weighted by Gasteiger charge is -2.06. The zero-order valence-corrected chi connectivity index (χ0v) is 9.51. The quantitative estimate of drug-likeness (QED) is 0.789. The smallest absolute Gasteiger partial charge is 0.228 e. The maximum absolute atomic E-state index is 11.2. The van der Waals surface area contributed by atoms with Crippen LogP contribution in [0, 0.1) is 3.57 Å². The molecule has 0 spiro atoms. The van der Waals surface area contributed by atoms with Crippen LogP contribution in [0.1, 0.15) is 18.1 Å². The van der Waals surface area contributed by atoms with Crippen LogP contribution in [0.15, 0.2) is 12.1 Å². The van der Waals surface area contributed by atoms with Crippen LogP contribution in [0.25, 0.3) is 0 Å². The molecule has 0 aliphatic carbocycles. The molecule has 13 heavy (non-hydrogen) atoms. The van der Waals surface area contributed by atoms with Gasteiger partial charge in [0.1, 0.15) is 0 Å². The number of hydrogen-bond donors (Lipinski definition) is 1. The predicted molar refractivity (Wildman–Crippen MR) is 60.9 cm³/mol. The lowest BCUT2D eigenvalue weighted by Crippen LogP contribution is -2.04. The molecular weight excluding hydrogens is 277 g/mol. The Morgan fingerprint density at radius 2 is 2.31 bits per heavy atom. The first-order valence-corrected chi connectivity index (χ1v) is 5.39. The van der Waals surface area contributed by atoms with Gasteiger partial charge in [-0.15, -0.1) is 0 Å². The summed E-state index contributed by atoms with van der Waals surface area (Å²) in [7, 11) is 0. The molecule has 0 aromatic heterocycles. The summed E-state index contributed by atoms with van der Waals surface area (Å²) in [6.45, 7) is 2.11. The van der Waals surface area contributed by atoms with Crippen LogP contribution in [-0.4, -0.2) is 5.91 Å². The highest BCUT2D eigenvalue weighted by atomic mass is 127. The molecule has 0 unspecified atom stereocenters. The molecule has 1 amide bonds. The lowest BCUT2D eigenvalue weighted by molar-refractivity contribution is -0.115. The number of carbonyl (C=O) groups excluding carboxylic acids is 1. The van der Waals surface area contributed by atoms with E-state index in [2.05, 4.69) is 47.0 Å². The minimum atomic E-state index is 0.117. The van der Waals surface area contributed by atoms with Crippen molar-refractivity contribution >= 4 is 34.2 Å². The zero-order valence-electron chi connectivity index (χ0n) is 7.36. The van der Waals surface area contributed by atoms with E-state index in [4.69, 9.17) is 0 Å². The van der Waals surface area contributed by atoms with E-state index in [1.165, 1.54) is 9.13 Å². The highest BCUT2D eigenvalue weighted by molar-refractivity contribution is 14.1. The summed E-state index contributed by atoms with van der Waals surface area (Å²) in [6, 6.07) is 4.21. The van der Waals surface area contributed by atoms with Crippen LogP contribution in [0.5, 0.6) is 0 Å². The monoisotopic (exact) mass is 287 g/mol. The van der Waals surface area contributed by atoms with E-state index >= 15 is 0 Å². The molecule has 1 aromatic carbocycles. The molecule has 1 aromatic rings. The van der Waals surface area contributed by atoms with Crippen molar-refractivity contribution in [1.82, 2.24) is 0 Å². The minimum Gasteiger partial charge on any atom is -0.325 e.